The third-order valence-electron chi connectivity index (χ3n) is 3.61. The Balaban J connectivity index is 2.51. The molecule has 0 radical (unpaired) electrons. The van der Waals surface area contributed by atoms with Gasteiger partial charge in [-0.25, -0.2) is 0 Å². The molecule has 0 bridgehead atoms. The maximum absolute atomic E-state index is 9.31. The summed E-state index contributed by atoms with van der Waals surface area (Å²) in [5.74, 6) is 1.78. The molecule has 0 aromatic heterocycles. The standard InChI is InChI=1S/C18H31NO/c1-14(2)12-19(13-15(3)4)16(5)6-7-17-8-10-18(20)11-9-17/h8-11,14-16,20H,6-7,12-13H2,1-5H3. The summed E-state index contributed by atoms with van der Waals surface area (Å²) in [6.07, 6.45) is 2.25. The lowest BCUT2D eigenvalue weighted by atomic mass is 10.0. The van der Waals surface area contributed by atoms with E-state index < -0.39 is 0 Å². The third-order valence-corrected chi connectivity index (χ3v) is 3.61. The van der Waals surface area contributed by atoms with Crippen LogP contribution in [0.5, 0.6) is 5.75 Å². The Morgan fingerprint density at radius 2 is 1.40 bits per heavy atom. The maximum atomic E-state index is 9.31. The smallest absolute Gasteiger partial charge is 0.115 e. The molecule has 0 heterocycles. The van der Waals surface area contributed by atoms with Crippen LogP contribution in [0.1, 0.15) is 46.6 Å². The highest BCUT2D eigenvalue weighted by atomic mass is 16.3. The van der Waals surface area contributed by atoms with Gasteiger partial charge in [0.1, 0.15) is 5.75 Å². The lowest BCUT2D eigenvalue weighted by Gasteiger charge is -2.32. The summed E-state index contributed by atoms with van der Waals surface area (Å²) in [4.78, 5) is 2.62. The predicted octanol–water partition coefficient (Wildman–Crippen LogP) is 4.33. The van der Waals surface area contributed by atoms with Crippen LogP contribution in [0.3, 0.4) is 0 Å². The number of aryl methyl sites for hydroxylation is 1. The van der Waals surface area contributed by atoms with Gasteiger partial charge >= 0.3 is 0 Å². The largest absolute Gasteiger partial charge is 0.508 e. The van der Waals surface area contributed by atoms with Gasteiger partial charge in [0.05, 0.1) is 0 Å². The van der Waals surface area contributed by atoms with Crippen molar-refractivity contribution in [2.24, 2.45) is 11.8 Å². The molecule has 2 heteroatoms. The van der Waals surface area contributed by atoms with E-state index in [4.69, 9.17) is 0 Å². The number of hydrogen-bond donors (Lipinski definition) is 1. The van der Waals surface area contributed by atoms with Gasteiger partial charge in [0, 0.05) is 19.1 Å². The molecule has 0 spiro atoms. The van der Waals surface area contributed by atoms with Crippen LogP contribution in [0.15, 0.2) is 24.3 Å². The Bertz CT molecular complexity index is 360. The minimum Gasteiger partial charge on any atom is -0.508 e. The molecule has 0 amide bonds. The predicted molar refractivity (Wildman–Crippen MR) is 87.1 cm³/mol. The molecule has 1 N–H and O–H groups in total. The van der Waals surface area contributed by atoms with Crippen LogP contribution in [0, 0.1) is 11.8 Å². The monoisotopic (exact) mass is 277 g/mol. The van der Waals surface area contributed by atoms with Crippen LogP contribution in [-0.4, -0.2) is 29.1 Å². The Kier molecular flexibility index (Phi) is 7.08. The van der Waals surface area contributed by atoms with Gasteiger partial charge in [-0.3, -0.25) is 0 Å². The second-order valence-electron chi connectivity index (χ2n) is 6.80. The SMILES string of the molecule is CC(C)CN(CC(C)C)C(C)CCc1ccc(O)cc1. The normalized spacial score (nSPS) is 13.4. The van der Waals surface area contributed by atoms with Crippen LogP contribution in [0.25, 0.3) is 0 Å². The number of phenols is 1. The van der Waals surface area contributed by atoms with E-state index in [-0.39, 0.29) is 0 Å². The zero-order valence-corrected chi connectivity index (χ0v) is 13.8. The molecule has 1 aromatic carbocycles. The molecule has 1 atom stereocenters. The van der Waals surface area contributed by atoms with E-state index >= 15 is 0 Å². The van der Waals surface area contributed by atoms with Crippen molar-refractivity contribution in [1.29, 1.82) is 0 Å². The average molecular weight is 277 g/mol. The van der Waals surface area contributed by atoms with E-state index in [1.54, 1.807) is 12.1 Å². The number of rotatable bonds is 8. The fourth-order valence-corrected chi connectivity index (χ4v) is 2.59. The molecular formula is C18H31NO. The van der Waals surface area contributed by atoms with Crippen LogP contribution in [0.2, 0.25) is 0 Å². The van der Waals surface area contributed by atoms with E-state index in [9.17, 15) is 5.11 Å². The Hall–Kier alpha value is -1.02. The summed E-state index contributed by atoms with van der Waals surface area (Å²) in [5, 5.41) is 9.31. The highest BCUT2D eigenvalue weighted by molar-refractivity contribution is 5.25. The van der Waals surface area contributed by atoms with Gasteiger partial charge in [-0.05, 0) is 49.3 Å². The summed E-state index contributed by atoms with van der Waals surface area (Å²) in [6, 6.07) is 8.21. The highest BCUT2D eigenvalue weighted by Gasteiger charge is 2.16. The molecule has 114 valence electrons. The zero-order valence-electron chi connectivity index (χ0n) is 13.8. The van der Waals surface area contributed by atoms with Crippen LogP contribution >= 0.6 is 0 Å². The van der Waals surface area contributed by atoms with E-state index in [0.717, 1.165) is 6.42 Å². The molecule has 20 heavy (non-hydrogen) atoms. The Morgan fingerprint density at radius 1 is 0.900 bits per heavy atom. The molecule has 1 rings (SSSR count). The fraction of sp³-hybridized carbons (Fsp3) is 0.667. The fourth-order valence-electron chi connectivity index (χ4n) is 2.59. The van der Waals surface area contributed by atoms with Crippen molar-refractivity contribution >= 4 is 0 Å². The minimum absolute atomic E-state index is 0.350. The lowest BCUT2D eigenvalue weighted by Crippen LogP contribution is -2.38. The lowest BCUT2D eigenvalue weighted by molar-refractivity contribution is 0.159. The molecule has 0 fully saturated rings. The van der Waals surface area contributed by atoms with Gasteiger partial charge in [-0.1, -0.05) is 39.8 Å². The molecule has 0 saturated carbocycles. The molecular weight excluding hydrogens is 246 g/mol. The molecule has 0 aliphatic heterocycles. The quantitative estimate of drug-likeness (QED) is 0.764. The summed E-state index contributed by atoms with van der Waals surface area (Å²) in [7, 11) is 0. The summed E-state index contributed by atoms with van der Waals surface area (Å²) >= 11 is 0. The molecule has 0 aliphatic rings. The first-order chi connectivity index (χ1) is 9.38. The number of phenolic OH excluding ortho intramolecular Hbond substituents is 1. The van der Waals surface area contributed by atoms with Crippen molar-refractivity contribution < 1.29 is 5.11 Å². The van der Waals surface area contributed by atoms with Crippen molar-refractivity contribution in [2.45, 2.75) is 53.5 Å². The first-order valence-corrected chi connectivity index (χ1v) is 7.90. The molecule has 1 unspecified atom stereocenters. The first kappa shape index (κ1) is 17.0. The van der Waals surface area contributed by atoms with E-state index in [1.165, 1.54) is 25.1 Å². The molecule has 0 saturated heterocycles. The van der Waals surface area contributed by atoms with Gasteiger partial charge in [0.2, 0.25) is 0 Å². The summed E-state index contributed by atoms with van der Waals surface area (Å²) in [6.45, 7) is 13.9. The molecule has 1 aromatic rings. The van der Waals surface area contributed by atoms with Crippen LogP contribution in [0.4, 0.5) is 0 Å². The van der Waals surface area contributed by atoms with Gasteiger partial charge in [0.25, 0.3) is 0 Å². The summed E-state index contributed by atoms with van der Waals surface area (Å²) < 4.78 is 0. The maximum Gasteiger partial charge on any atom is 0.115 e. The van der Waals surface area contributed by atoms with Crippen LogP contribution < -0.4 is 0 Å². The average Bonchev–Trinajstić information content (AvgIpc) is 2.36. The number of benzene rings is 1. The number of nitrogens with zero attached hydrogens (tertiary/aromatic N) is 1. The van der Waals surface area contributed by atoms with E-state index in [2.05, 4.69) is 39.5 Å². The van der Waals surface area contributed by atoms with Crippen LogP contribution in [-0.2, 0) is 6.42 Å². The summed E-state index contributed by atoms with van der Waals surface area (Å²) in [5.41, 5.74) is 1.31. The second-order valence-corrected chi connectivity index (χ2v) is 6.80. The second kappa shape index (κ2) is 8.31. The third kappa shape index (κ3) is 6.42. The first-order valence-electron chi connectivity index (χ1n) is 7.90. The molecule has 2 nitrogen and oxygen atoms in total. The van der Waals surface area contributed by atoms with Gasteiger partial charge in [-0.15, -0.1) is 0 Å². The van der Waals surface area contributed by atoms with Gasteiger partial charge < -0.3 is 10.0 Å². The minimum atomic E-state index is 0.350. The Morgan fingerprint density at radius 3 is 1.85 bits per heavy atom. The van der Waals surface area contributed by atoms with Gasteiger partial charge in [-0.2, -0.15) is 0 Å². The van der Waals surface area contributed by atoms with Crippen molar-refractivity contribution in [1.82, 2.24) is 4.90 Å². The topological polar surface area (TPSA) is 23.5 Å². The van der Waals surface area contributed by atoms with Crippen molar-refractivity contribution in [3.63, 3.8) is 0 Å². The molecule has 0 aliphatic carbocycles. The highest BCUT2D eigenvalue weighted by Crippen LogP contribution is 2.16. The van der Waals surface area contributed by atoms with Gasteiger partial charge in [0.15, 0.2) is 0 Å². The Labute approximate surface area is 124 Å². The van der Waals surface area contributed by atoms with E-state index in [1.807, 2.05) is 12.1 Å². The number of aromatic hydroxyl groups is 1. The van der Waals surface area contributed by atoms with Crippen molar-refractivity contribution in [3.8, 4) is 5.75 Å². The van der Waals surface area contributed by atoms with E-state index in [0.29, 0.717) is 23.6 Å². The van der Waals surface area contributed by atoms with Crippen molar-refractivity contribution in [2.75, 3.05) is 13.1 Å². The van der Waals surface area contributed by atoms with Crippen molar-refractivity contribution in [3.05, 3.63) is 29.8 Å². The number of hydrogen-bond acceptors (Lipinski definition) is 2. The zero-order chi connectivity index (χ0) is 15.1.